The van der Waals surface area contributed by atoms with Gasteiger partial charge >= 0.3 is 11.9 Å². The summed E-state index contributed by atoms with van der Waals surface area (Å²) < 4.78 is 17.1. The number of benzene rings is 1. The maximum Gasteiger partial charge on any atom is 0.336 e. The molecule has 0 unspecified atom stereocenters. The number of carbonyl (C=O) groups excluding carboxylic acids is 2. The molecule has 1 N–H and O–H groups in total. The number of nitrogens with one attached hydrogen (secondary N) is 1. The molecular formula is C27H32N2O7. The standard InChI is InChI=1S/C27H32N2O7/c1-15(2)13-34-26(30)23-17(5)28-18(6)24(27(31)35-14-16(3)4)25(23)22-12-11-21(36-22)19-9-7-8-10-20(19)29(32)33/h7-12,15-16,25,28H,13-14H2,1-6H3. The average Bonchev–Trinajstić information content (AvgIpc) is 3.30. The van der Waals surface area contributed by atoms with E-state index in [0.717, 1.165) is 0 Å². The Morgan fingerprint density at radius 2 is 1.47 bits per heavy atom. The molecule has 9 heteroatoms. The fraction of sp³-hybridized carbons (Fsp3) is 0.407. The molecule has 1 aliphatic heterocycles. The van der Waals surface area contributed by atoms with Crippen molar-refractivity contribution in [2.45, 2.75) is 47.5 Å². The average molecular weight is 497 g/mol. The molecule has 0 saturated heterocycles. The molecule has 0 spiro atoms. The summed E-state index contributed by atoms with van der Waals surface area (Å²) in [6.45, 7) is 11.6. The van der Waals surface area contributed by atoms with Gasteiger partial charge in [-0.3, -0.25) is 10.1 Å². The molecular weight excluding hydrogens is 464 g/mol. The van der Waals surface area contributed by atoms with Crippen molar-refractivity contribution in [2.24, 2.45) is 11.8 Å². The summed E-state index contributed by atoms with van der Waals surface area (Å²) in [4.78, 5) is 37.5. The van der Waals surface area contributed by atoms with E-state index in [4.69, 9.17) is 13.9 Å². The van der Waals surface area contributed by atoms with Crippen LogP contribution in [0.1, 0.15) is 53.2 Å². The number of allylic oxidation sites excluding steroid dienone is 2. The lowest BCUT2D eigenvalue weighted by atomic mass is 9.83. The van der Waals surface area contributed by atoms with Crippen molar-refractivity contribution in [1.82, 2.24) is 5.32 Å². The zero-order chi connectivity index (χ0) is 26.6. The summed E-state index contributed by atoms with van der Waals surface area (Å²) in [7, 11) is 0. The maximum atomic E-state index is 13.2. The monoisotopic (exact) mass is 496 g/mol. The van der Waals surface area contributed by atoms with Crippen molar-refractivity contribution in [3.63, 3.8) is 0 Å². The summed E-state index contributed by atoms with van der Waals surface area (Å²) >= 11 is 0. The molecule has 2 aromatic rings. The van der Waals surface area contributed by atoms with Crippen molar-refractivity contribution < 1.29 is 28.4 Å². The van der Waals surface area contributed by atoms with E-state index in [1.54, 1.807) is 44.2 Å². The number of furan rings is 1. The second-order valence-electron chi connectivity index (χ2n) is 9.60. The van der Waals surface area contributed by atoms with Crippen LogP contribution in [-0.2, 0) is 19.1 Å². The number of nitro groups is 1. The lowest BCUT2D eigenvalue weighted by Gasteiger charge is -2.29. The molecule has 9 nitrogen and oxygen atoms in total. The van der Waals surface area contributed by atoms with Crippen LogP contribution in [-0.4, -0.2) is 30.1 Å². The highest BCUT2D eigenvalue weighted by Crippen LogP contribution is 2.42. The third-order valence-corrected chi connectivity index (χ3v) is 5.57. The molecule has 1 aliphatic rings. The Bertz CT molecular complexity index is 1170. The Morgan fingerprint density at radius 1 is 0.944 bits per heavy atom. The lowest BCUT2D eigenvalue weighted by molar-refractivity contribution is -0.384. The molecule has 0 fully saturated rings. The van der Waals surface area contributed by atoms with Gasteiger partial charge in [-0.1, -0.05) is 39.8 Å². The van der Waals surface area contributed by atoms with Gasteiger partial charge in [-0.15, -0.1) is 0 Å². The number of ether oxygens (including phenoxy) is 2. The van der Waals surface area contributed by atoms with Crippen LogP contribution in [0.15, 0.2) is 63.4 Å². The van der Waals surface area contributed by atoms with Crippen LogP contribution in [0, 0.1) is 22.0 Å². The SMILES string of the molecule is CC1=C(C(=O)OCC(C)C)C(c2ccc(-c3ccccc3[N+](=O)[O-])o2)C(C(=O)OCC(C)C)=C(C)N1. The van der Waals surface area contributed by atoms with Crippen LogP contribution in [0.4, 0.5) is 5.69 Å². The third kappa shape index (κ3) is 5.84. The molecule has 1 aromatic heterocycles. The zero-order valence-electron chi connectivity index (χ0n) is 21.4. The largest absolute Gasteiger partial charge is 0.462 e. The van der Waals surface area contributed by atoms with E-state index in [2.05, 4.69) is 5.32 Å². The van der Waals surface area contributed by atoms with Crippen molar-refractivity contribution in [2.75, 3.05) is 13.2 Å². The molecule has 0 aliphatic carbocycles. The van der Waals surface area contributed by atoms with Crippen molar-refractivity contribution in [1.29, 1.82) is 0 Å². The zero-order valence-corrected chi connectivity index (χ0v) is 21.4. The number of esters is 2. The molecule has 192 valence electrons. The number of nitrogens with zero attached hydrogens (tertiary/aromatic N) is 1. The van der Waals surface area contributed by atoms with E-state index in [0.29, 0.717) is 11.4 Å². The predicted molar refractivity (Wildman–Crippen MR) is 134 cm³/mol. The maximum absolute atomic E-state index is 13.2. The van der Waals surface area contributed by atoms with Gasteiger partial charge in [-0.25, -0.2) is 9.59 Å². The number of nitro benzene ring substituents is 1. The van der Waals surface area contributed by atoms with Crippen LogP contribution in [0.25, 0.3) is 11.3 Å². The van der Waals surface area contributed by atoms with E-state index in [1.807, 2.05) is 27.7 Å². The first kappa shape index (κ1) is 26.7. The van der Waals surface area contributed by atoms with Gasteiger partial charge in [-0.05, 0) is 43.9 Å². The van der Waals surface area contributed by atoms with Gasteiger partial charge in [-0.2, -0.15) is 0 Å². The molecule has 36 heavy (non-hydrogen) atoms. The third-order valence-electron chi connectivity index (χ3n) is 5.57. The molecule has 0 saturated carbocycles. The summed E-state index contributed by atoms with van der Waals surface area (Å²) in [6.07, 6.45) is 0. The molecule has 0 atom stereocenters. The van der Waals surface area contributed by atoms with Crippen LogP contribution in [0.3, 0.4) is 0 Å². The second-order valence-corrected chi connectivity index (χ2v) is 9.60. The highest BCUT2D eigenvalue weighted by Gasteiger charge is 2.40. The Kier molecular flexibility index (Phi) is 8.34. The minimum Gasteiger partial charge on any atom is -0.462 e. The van der Waals surface area contributed by atoms with E-state index in [-0.39, 0.29) is 59.0 Å². The van der Waals surface area contributed by atoms with Gasteiger partial charge in [0.25, 0.3) is 5.69 Å². The van der Waals surface area contributed by atoms with Crippen LogP contribution in [0.2, 0.25) is 0 Å². The van der Waals surface area contributed by atoms with E-state index < -0.39 is 22.8 Å². The Hall–Kier alpha value is -3.88. The van der Waals surface area contributed by atoms with Crippen molar-refractivity contribution >= 4 is 17.6 Å². The summed E-state index contributed by atoms with van der Waals surface area (Å²) in [6, 6.07) is 9.43. The molecule has 0 amide bonds. The van der Waals surface area contributed by atoms with Crippen molar-refractivity contribution in [3.05, 3.63) is 74.8 Å². The van der Waals surface area contributed by atoms with Crippen molar-refractivity contribution in [3.8, 4) is 11.3 Å². The van der Waals surface area contributed by atoms with E-state index in [9.17, 15) is 19.7 Å². The fourth-order valence-corrected chi connectivity index (χ4v) is 3.95. The lowest BCUT2D eigenvalue weighted by Crippen LogP contribution is -2.33. The normalized spacial score (nSPS) is 14.3. The number of hydrogen-bond acceptors (Lipinski definition) is 8. The smallest absolute Gasteiger partial charge is 0.336 e. The number of hydrogen-bond donors (Lipinski definition) is 1. The summed E-state index contributed by atoms with van der Waals surface area (Å²) in [5.41, 5.74) is 1.67. The fourth-order valence-electron chi connectivity index (χ4n) is 3.95. The van der Waals surface area contributed by atoms with E-state index in [1.165, 1.54) is 6.07 Å². The van der Waals surface area contributed by atoms with E-state index >= 15 is 0 Å². The number of dihydropyridines is 1. The van der Waals surface area contributed by atoms with Gasteiger partial charge in [0.1, 0.15) is 11.5 Å². The minimum atomic E-state index is -0.915. The number of carbonyl (C=O) groups is 2. The summed E-state index contributed by atoms with van der Waals surface area (Å²) in [5.74, 6) is -1.32. The van der Waals surface area contributed by atoms with Gasteiger partial charge in [0.15, 0.2) is 0 Å². The molecule has 1 aromatic carbocycles. The highest BCUT2D eigenvalue weighted by atomic mass is 16.6. The Labute approximate surface area is 210 Å². The van der Waals surface area contributed by atoms with Crippen LogP contribution in [0.5, 0.6) is 0 Å². The summed E-state index contributed by atoms with van der Waals surface area (Å²) in [5, 5.41) is 14.6. The Morgan fingerprint density at radius 3 is 1.97 bits per heavy atom. The first-order valence-electron chi connectivity index (χ1n) is 11.9. The van der Waals surface area contributed by atoms with Crippen LogP contribution < -0.4 is 5.32 Å². The molecule has 2 heterocycles. The number of rotatable bonds is 9. The molecule has 0 radical (unpaired) electrons. The highest BCUT2D eigenvalue weighted by molar-refractivity contribution is 5.99. The van der Waals surface area contributed by atoms with Gasteiger partial charge in [0.05, 0.1) is 40.8 Å². The Balaban J connectivity index is 2.11. The molecule has 0 bridgehead atoms. The number of para-hydroxylation sites is 1. The molecule has 3 rings (SSSR count). The predicted octanol–water partition coefficient (Wildman–Crippen LogP) is 5.49. The minimum absolute atomic E-state index is 0.115. The first-order chi connectivity index (χ1) is 17.0. The van der Waals surface area contributed by atoms with Crippen LogP contribution >= 0.6 is 0 Å². The second kappa shape index (κ2) is 11.2. The van der Waals surface area contributed by atoms with Gasteiger partial charge < -0.3 is 19.2 Å². The topological polar surface area (TPSA) is 121 Å². The van der Waals surface area contributed by atoms with Gasteiger partial charge in [0.2, 0.25) is 0 Å². The van der Waals surface area contributed by atoms with Gasteiger partial charge in [0, 0.05) is 17.5 Å². The first-order valence-corrected chi connectivity index (χ1v) is 11.9. The quantitative estimate of drug-likeness (QED) is 0.275.